The number of carbonyl (C=O) groups excluding carboxylic acids is 1. The first-order valence-corrected chi connectivity index (χ1v) is 5.62. The van der Waals surface area contributed by atoms with Gasteiger partial charge < -0.3 is 5.32 Å². The summed E-state index contributed by atoms with van der Waals surface area (Å²) in [6, 6.07) is 14.8. The minimum absolute atomic E-state index is 0.113. The predicted octanol–water partition coefficient (Wildman–Crippen LogP) is 2.82. The van der Waals surface area contributed by atoms with E-state index in [2.05, 4.69) is 15.5 Å². The van der Waals surface area contributed by atoms with E-state index >= 15 is 0 Å². The van der Waals surface area contributed by atoms with E-state index in [1.54, 1.807) is 18.3 Å². The molecule has 0 bridgehead atoms. The summed E-state index contributed by atoms with van der Waals surface area (Å²) in [7, 11) is 0. The van der Waals surface area contributed by atoms with Crippen molar-refractivity contribution in [3.63, 3.8) is 0 Å². The maximum absolute atomic E-state index is 12.0. The van der Waals surface area contributed by atoms with E-state index < -0.39 is 0 Å². The number of aromatic amines is 1. The molecule has 0 atom stereocenters. The van der Waals surface area contributed by atoms with E-state index in [4.69, 9.17) is 0 Å². The van der Waals surface area contributed by atoms with Gasteiger partial charge in [-0.05, 0) is 30.3 Å². The second kappa shape index (κ2) is 4.33. The monoisotopic (exact) mass is 237 g/mol. The van der Waals surface area contributed by atoms with Gasteiger partial charge in [0, 0.05) is 16.6 Å². The fourth-order valence-corrected chi connectivity index (χ4v) is 1.81. The zero-order valence-electron chi connectivity index (χ0n) is 9.55. The van der Waals surface area contributed by atoms with Crippen LogP contribution in [0, 0.1) is 0 Å². The largest absolute Gasteiger partial charge is 0.322 e. The summed E-state index contributed by atoms with van der Waals surface area (Å²) in [5.41, 5.74) is 2.36. The highest BCUT2D eigenvalue weighted by Gasteiger charge is 2.05. The van der Waals surface area contributed by atoms with Crippen LogP contribution in [0.3, 0.4) is 0 Å². The number of nitrogens with zero attached hydrogens (tertiary/aromatic N) is 1. The number of anilines is 1. The van der Waals surface area contributed by atoms with Crippen LogP contribution in [0.4, 0.5) is 5.69 Å². The number of hydrogen-bond donors (Lipinski definition) is 2. The molecule has 3 rings (SSSR count). The van der Waals surface area contributed by atoms with Crippen molar-refractivity contribution >= 4 is 22.5 Å². The molecular formula is C14H11N3O. The number of nitrogens with one attached hydrogen (secondary N) is 2. The molecule has 0 fully saturated rings. The van der Waals surface area contributed by atoms with E-state index in [1.807, 2.05) is 36.4 Å². The Hall–Kier alpha value is -2.62. The molecule has 0 aliphatic carbocycles. The fourth-order valence-electron chi connectivity index (χ4n) is 1.81. The van der Waals surface area contributed by atoms with Gasteiger partial charge >= 0.3 is 0 Å². The molecule has 4 nitrogen and oxygen atoms in total. The number of amides is 1. The van der Waals surface area contributed by atoms with E-state index in [-0.39, 0.29) is 5.91 Å². The molecule has 0 saturated carbocycles. The van der Waals surface area contributed by atoms with Crippen molar-refractivity contribution in [1.82, 2.24) is 10.2 Å². The van der Waals surface area contributed by atoms with Gasteiger partial charge in [0.1, 0.15) is 0 Å². The van der Waals surface area contributed by atoms with Gasteiger partial charge in [-0.25, -0.2) is 0 Å². The summed E-state index contributed by atoms with van der Waals surface area (Å²) in [6.07, 6.45) is 1.73. The summed E-state index contributed by atoms with van der Waals surface area (Å²) >= 11 is 0. The van der Waals surface area contributed by atoms with Crippen LogP contribution in [0.25, 0.3) is 10.9 Å². The second-order valence-corrected chi connectivity index (χ2v) is 3.99. The van der Waals surface area contributed by atoms with Crippen molar-refractivity contribution in [2.45, 2.75) is 0 Å². The Balaban J connectivity index is 1.86. The molecule has 0 unspecified atom stereocenters. The number of fused-ring (bicyclic) bond motifs is 1. The van der Waals surface area contributed by atoms with Crippen molar-refractivity contribution in [2.75, 3.05) is 5.32 Å². The molecule has 0 saturated heterocycles. The Morgan fingerprint density at radius 3 is 2.78 bits per heavy atom. The standard InChI is InChI=1S/C14H11N3O/c18-14(10-4-2-1-3-5-10)16-12-6-7-13-11(8-12)9-15-17-13/h1-9H,(H,15,17)(H,16,18). The van der Waals surface area contributed by atoms with Crippen LogP contribution in [-0.2, 0) is 0 Å². The lowest BCUT2D eigenvalue weighted by Gasteiger charge is -2.04. The summed E-state index contributed by atoms with van der Waals surface area (Å²) in [6.45, 7) is 0. The third-order valence-corrected chi connectivity index (χ3v) is 2.73. The van der Waals surface area contributed by atoms with Crippen LogP contribution in [0.1, 0.15) is 10.4 Å². The van der Waals surface area contributed by atoms with Crippen molar-refractivity contribution in [1.29, 1.82) is 0 Å². The molecule has 0 aliphatic rings. The average molecular weight is 237 g/mol. The number of benzene rings is 2. The first-order chi connectivity index (χ1) is 8.83. The Morgan fingerprint density at radius 1 is 1.11 bits per heavy atom. The molecule has 0 spiro atoms. The van der Waals surface area contributed by atoms with Crippen molar-refractivity contribution < 1.29 is 4.79 Å². The van der Waals surface area contributed by atoms with Gasteiger partial charge in [0.15, 0.2) is 0 Å². The van der Waals surface area contributed by atoms with E-state index in [0.29, 0.717) is 5.56 Å². The molecule has 18 heavy (non-hydrogen) atoms. The van der Waals surface area contributed by atoms with Crippen LogP contribution in [0.5, 0.6) is 0 Å². The summed E-state index contributed by atoms with van der Waals surface area (Å²) in [4.78, 5) is 12.0. The third-order valence-electron chi connectivity index (χ3n) is 2.73. The minimum Gasteiger partial charge on any atom is -0.322 e. The molecule has 88 valence electrons. The van der Waals surface area contributed by atoms with Gasteiger partial charge in [-0.15, -0.1) is 0 Å². The molecule has 4 heteroatoms. The zero-order valence-corrected chi connectivity index (χ0v) is 9.55. The molecule has 2 aromatic carbocycles. The number of H-pyrrole nitrogens is 1. The van der Waals surface area contributed by atoms with Crippen molar-refractivity contribution in [2.24, 2.45) is 0 Å². The van der Waals surface area contributed by atoms with Gasteiger partial charge in [0.05, 0.1) is 11.7 Å². The topological polar surface area (TPSA) is 57.8 Å². The Bertz CT molecular complexity index is 688. The maximum Gasteiger partial charge on any atom is 0.255 e. The first kappa shape index (κ1) is 10.5. The van der Waals surface area contributed by atoms with Crippen LogP contribution in [-0.4, -0.2) is 16.1 Å². The van der Waals surface area contributed by atoms with Gasteiger partial charge in [0.25, 0.3) is 5.91 Å². The molecule has 0 aliphatic heterocycles. The van der Waals surface area contributed by atoms with E-state index in [1.165, 1.54) is 0 Å². The minimum atomic E-state index is -0.113. The number of aromatic nitrogens is 2. The molecule has 1 heterocycles. The summed E-state index contributed by atoms with van der Waals surface area (Å²) in [5.74, 6) is -0.113. The normalized spacial score (nSPS) is 10.4. The molecule has 2 N–H and O–H groups in total. The average Bonchev–Trinajstić information content (AvgIpc) is 2.87. The van der Waals surface area contributed by atoms with Crippen molar-refractivity contribution in [3.05, 3.63) is 60.3 Å². The maximum atomic E-state index is 12.0. The van der Waals surface area contributed by atoms with Crippen LogP contribution in [0.2, 0.25) is 0 Å². The van der Waals surface area contributed by atoms with Crippen LogP contribution >= 0.6 is 0 Å². The van der Waals surface area contributed by atoms with Gasteiger partial charge in [-0.3, -0.25) is 9.89 Å². The quantitative estimate of drug-likeness (QED) is 0.720. The van der Waals surface area contributed by atoms with Gasteiger partial charge in [-0.1, -0.05) is 18.2 Å². The highest BCUT2D eigenvalue weighted by molar-refractivity contribution is 6.05. The Morgan fingerprint density at radius 2 is 1.94 bits per heavy atom. The molecule has 1 amide bonds. The lowest BCUT2D eigenvalue weighted by atomic mass is 10.2. The predicted molar refractivity (Wildman–Crippen MR) is 70.5 cm³/mol. The first-order valence-electron chi connectivity index (χ1n) is 5.62. The highest BCUT2D eigenvalue weighted by Crippen LogP contribution is 2.17. The second-order valence-electron chi connectivity index (χ2n) is 3.99. The zero-order chi connectivity index (χ0) is 12.4. The van der Waals surface area contributed by atoms with Gasteiger partial charge in [-0.2, -0.15) is 5.10 Å². The molecule has 3 aromatic rings. The number of carbonyl (C=O) groups is 1. The highest BCUT2D eigenvalue weighted by atomic mass is 16.1. The van der Waals surface area contributed by atoms with E-state index in [0.717, 1.165) is 16.6 Å². The number of rotatable bonds is 2. The SMILES string of the molecule is O=C(Nc1ccc2[nH]ncc2c1)c1ccccc1. The van der Waals surface area contributed by atoms with Crippen LogP contribution in [0.15, 0.2) is 54.7 Å². The smallest absolute Gasteiger partial charge is 0.255 e. The molecular weight excluding hydrogens is 226 g/mol. The molecule has 1 aromatic heterocycles. The number of hydrogen-bond acceptors (Lipinski definition) is 2. The summed E-state index contributed by atoms with van der Waals surface area (Å²) in [5, 5.41) is 10.6. The molecule has 0 radical (unpaired) electrons. The summed E-state index contributed by atoms with van der Waals surface area (Å²) < 4.78 is 0. The fraction of sp³-hybridized carbons (Fsp3) is 0. The lowest BCUT2D eigenvalue weighted by Crippen LogP contribution is -2.11. The Labute approximate surface area is 104 Å². The van der Waals surface area contributed by atoms with Crippen LogP contribution < -0.4 is 5.32 Å². The van der Waals surface area contributed by atoms with Crippen molar-refractivity contribution in [3.8, 4) is 0 Å². The Kier molecular flexibility index (Phi) is 2.53. The third kappa shape index (κ3) is 1.96. The lowest BCUT2D eigenvalue weighted by molar-refractivity contribution is 0.102. The van der Waals surface area contributed by atoms with Gasteiger partial charge in [0.2, 0.25) is 0 Å². The van der Waals surface area contributed by atoms with E-state index in [9.17, 15) is 4.79 Å².